The summed E-state index contributed by atoms with van der Waals surface area (Å²) < 4.78 is 0. The normalized spacial score (nSPS) is 10.6. The summed E-state index contributed by atoms with van der Waals surface area (Å²) in [6.45, 7) is 1.18. The van der Waals surface area contributed by atoms with Gasteiger partial charge in [-0.3, -0.25) is 14.7 Å². The van der Waals surface area contributed by atoms with Crippen LogP contribution < -0.4 is 5.32 Å². The van der Waals surface area contributed by atoms with E-state index in [0.717, 1.165) is 29.8 Å². The fourth-order valence-electron chi connectivity index (χ4n) is 3.20. The molecule has 3 aromatic rings. The van der Waals surface area contributed by atoms with E-state index in [9.17, 15) is 9.59 Å². The van der Waals surface area contributed by atoms with Crippen molar-refractivity contribution in [2.75, 3.05) is 20.1 Å². The van der Waals surface area contributed by atoms with Crippen molar-refractivity contribution in [3.63, 3.8) is 0 Å². The second-order valence-corrected chi connectivity index (χ2v) is 7.29. The number of aryl methyl sites for hydroxylation is 1. The summed E-state index contributed by atoms with van der Waals surface area (Å²) in [6, 6.07) is 21.2. The van der Waals surface area contributed by atoms with Gasteiger partial charge >= 0.3 is 0 Å². The van der Waals surface area contributed by atoms with E-state index in [-0.39, 0.29) is 11.8 Å². The lowest BCUT2D eigenvalue weighted by atomic mass is 10.1. The molecule has 0 spiro atoms. The number of benzene rings is 2. The molecule has 156 valence electrons. The molecule has 0 fully saturated rings. The van der Waals surface area contributed by atoms with Crippen molar-refractivity contribution in [2.45, 2.75) is 25.7 Å². The Hall–Kier alpha value is -3.41. The van der Waals surface area contributed by atoms with Crippen LogP contribution in [0.1, 0.15) is 35.3 Å². The molecule has 0 saturated heterocycles. The van der Waals surface area contributed by atoms with Crippen LogP contribution in [-0.4, -0.2) is 47.0 Å². The van der Waals surface area contributed by atoms with Gasteiger partial charge in [-0.1, -0.05) is 48.5 Å². The van der Waals surface area contributed by atoms with Gasteiger partial charge < -0.3 is 10.2 Å². The topological polar surface area (TPSA) is 78.1 Å². The molecule has 6 heteroatoms. The Morgan fingerprint density at radius 2 is 1.70 bits per heavy atom. The van der Waals surface area contributed by atoms with Crippen LogP contribution in [0.2, 0.25) is 0 Å². The lowest BCUT2D eigenvalue weighted by molar-refractivity contribution is -0.130. The Labute approximate surface area is 177 Å². The minimum Gasteiger partial charge on any atom is -0.352 e. The Morgan fingerprint density at radius 1 is 1.00 bits per heavy atom. The zero-order valence-electron chi connectivity index (χ0n) is 17.3. The molecule has 1 aromatic heterocycles. The van der Waals surface area contributed by atoms with Crippen molar-refractivity contribution in [3.05, 3.63) is 78.0 Å². The highest BCUT2D eigenvalue weighted by atomic mass is 16.2. The van der Waals surface area contributed by atoms with E-state index in [1.807, 2.05) is 55.6 Å². The van der Waals surface area contributed by atoms with Gasteiger partial charge in [0, 0.05) is 43.4 Å². The second-order valence-electron chi connectivity index (χ2n) is 7.29. The van der Waals surface area contributed by atoms with Gasteiger partial charge in [-0.25, -0.2) is 0 Å². The highest BCUT2D eigenvalue weighted by Gasteiger charge is 2.10. The van der Waals surface area contributed by atoms with Crippen molar-refractivity contribution >= 4 is 11.8 Å². The number of carbonyl (C=O) groups is 2. The maximum atomic E-state index is 12.3. The van der Waals surface area contributed by atoms with Crippen LogP contribution in [0.5, 0.6) is 0 Å². The van der Waals surface area contributed by atoms with Gasteiger partial charge in [0.25, 0.3) is 5.91 Å². The van der Waals surface area contributed by atoms with E-state index in [4.69, 9.17) is 0 Å². The van der Waals surface area contributed by atoms with Crippen LogP contribution >= 0.6 is 0 Å². The smallest absolute Gasteiger partial charge is 0.251 e. The molecule has 2 N–H and O–H groups in total. The predicted molar refractivity (Wildman–Crippen MR) is 118 cm³/mol. The lowest BCUT2D eigenvalue weighted by Crippen LogP contribution is -2.30. The minimum atomic E-state index is -0.106. The molecule has 0 saturated carbocycles. The number of H-pyrrole nitrogens is 1. The third-order valence-corrected chi connectivity index (χ3v) is 4.95. The molecule has 3 rings (SSSR count). The molecular weight excluding hydrogens is 376 g/mol. The molecule has 2 aromatic carbocycles. The molecule has 0 atom stereocenters. The summed E-state index contributed by atoms with van der Waals surface area (Å²) in [7, 11) is 1.83. The summed E-state index contributed by atoms with van der Waals surface area (Å²) >= 11 is 0. The lowest BCUT2D eigenvalue weighted by Gasteiger charge is -2.17. The third-order valence-electron chi connectivity index (χ3n) is 4.95. The van der Waals surface area contributed by atoms with Crippen LogP contribution in [0.3, 0.4) is 0 Å². The van der Waals surface area contributed by atoms with Crippen molar-refractivity contribution in [1.29, 1.82) is 0 Å². The Bertz CT molecular complexity index is 938. The maximum Gasteiger partial charge on any atom is 0.251 e. The van der Waals surface area contributed by atoms with Gasteiger partial charge in [-0.15, -0.1) is 0 Å². The maximum absolute atomic E-state index is 12.3. The number of aromatic nitrogens is 2. The van der Waals surface area contributed by atoms with Crippen molar-refractivity contribution in [3.8, 4) is 11.3 Å². The van der Waals surface area contributed by atoms with Gasteiger partial charge in [0.15, 0.2) is 0 Å². The molecular formula is C24H28N4O2. The molecule has 0 aliphatic heterocycles. The zero-order chi connectivity index (χ0) is 21.2. The fraction of sp³-hybridized carbons (Fsp3) is 0.292. The molecule has 0 unspecified atom stereocenters. The Kier molecular flexibility index (Phi) is 7.78. The first kappa shape index (κ1) is 21.3. The van der Waals surface area contributed by atoms with E-state index >= 15 is 0 Å². The minimum absolute atomic E-state index is 0.0959. The van der Waals surface area contributed by atoms with Gasteiger partial charge in [0.05, 0.1) is 5.69 Å². The first-order valence-electron chi connectivity index (χ1n) is 10.3. The van der Waals surface area contributed by atoms with Gasteiger partial charge in [-0.2, -0.15) is 5.10 Å². The molecule has 1 heterocycles. The number of carbonyl (C=O) groups excluding carboxylic acids is 2. The number of rotatable bonds is 10. The van der Waals surface area contributed by atoms with Crippen LogP contribution in [0.25, 0.3) is 11.3 Å². The molecule has 0 bridgehead atoms. The van der Waals surface area contributed by atoms with Gasteiger partial charge in [0.1, 0.15) is 0 Å². The van der Waals surface area contributed by atoms with E-state index in [0.29, 0.717) is 31.5 Å². The summed E-state index contributed by atoms with van der Waals surface area (Å²) in [6.07, 6.45) is 2.75. The van der Waals surface area contributed by atoms with Crippen molar-refractivity contribution in [2.24, 2.45) is 0 Å². The second kappa shape index (κ2) is 11.0. The van der Waals surface area contributed by atoms with E-state index in [2.05, 4.69) is 21.6 Å². The number of hydrogen-bond donors (Lipinski definition) is 2. The third kappa shape index (κ3) is 6.30. The monoisotopic (exact) mass is 404 g/mol. The summed E-state index contributed by atoms with van der Waals surface area (Å²) in [5.74, 6) is -0.00983. The molecule has 6 nitrogen and oxygen atoms in total. The number of nitrogens with one attached hydrogen (secondary N) is 2. The van der Waals surface area contributed by atoms with Crippen LogP contribution in [0, 0.1) is 0 Å². The highest BCUT2D eigenvalue weighted by Crippen LogP contribution is 2.17. The standard InChI is InChI=1S/C24H28N4O2/c1-28(23(29)15-8-16-25-24(30)20-12-6-3-7-13-20)17-9-14-21-18-22(27-26-21)19-10-4-2-5-11-19/h2-7,10-13,18H,8-9,14-17H2,1H3,(H,25,30)(H,26,27). The van der Waals surface area contributed by atoms with Crippen molar-refractivity contribution in [1.82, 2.24) is 20.4 Å². The van der Waals surface area contributed by atoms with Crippen LogP contribution in [-0.2, 0) is 11.2 Å². The average Bonchev–Trinajstić information content (AvgIpc) is 3.26. The average molecular weight is 405 g/mol. The molecule has 30 heavy (non-hydrogen) atoms. The highest BCUT2D eigenvalue weighted by molar-refractivity contribution is 5.94. The predicted octanol–water partition coefficient (Wildman–Crippen LogP) is 3.68. The quantitative estimate of drug-likeness (QED) is 0.506. The molecule has 0 aliphatic rings. The van der Waals surface area contributed by atoms with Crippen LogP contribution in [0.15, 0.2) is 66.7 Å². The molecule has 0 aliphatic carbocycles. The number of nitrogens with zero attached hydrogens (tertiary/aromatic N) is 2. The first-order valence-corrected chi connectivity index (χ1v) is 10.3. The SMILES string of the molecule is CN(CCCc1cc(-c2ccccc2)n[nH]1)C(=O)CCCNC(=O)c1ccccc1. The van der Waals surface area contributed by atoms with Crippen LogP contribution in [0.4, 0.5) is 0 Å². The van der Waals surface area contributed by atoms with Crippen molar-refractivity contribution < 1.29 is 9.59 Å². The number of hydrogen-bond acceptors (Lipinski definition) is 3. The zero-order valence-corrected chi connectivity index (χ0v) is 17.3. The Balaban J connectivity index is 1.32. The first-order chi connectivity index (χ1) is 14.6. The number of aromatic amines is 1. The summed E-state index contributed by atoms with van der Waals surface area (Å²) in [5.41, 5.74) is 3.73. The summed E-state index contributed by atoms with van der Waals surface area (Å²) in [5, 5.41) is 10.3. The largest absolute Gasteiger partial charge is 0.352 e. The molecule has 2 amide bonds. The Morgan fingerprint density at radius 3 is 2.43 bits per heavy atom. The summed E-state index contributed by atoms with van der Waals surface area (Å²) in [4.78, 5) is 26.0. The van der Waals surface area contributed by atoms with E-state index < -0.39 is 0 Å². The molecule has 0 radical (unpaired) electrons. The van der Waals surface area contributed by atoms with Gasteiger partial charge in [-0.05, 0) is 37.5 Å². The van der Waals surface area contributed by atoms with E-state index in [1.165, 1.54) is 0 Å². The van der Waals surface area contributed by atoms with Gasteiger partial charge in [0.2, 0.25) is 5.91 Å². The van der Waals surface area contributed by atoms with E-state index in [1.54, 1.807) is 17.0 Å². The fourth-order valence-corrected chi connectivity index (χ4v) is 3.20. The number of amides is 2.